The molecule has 1 aliphatic carbocycles. The van der Waals surface area contributed by atoms with E-state index in [4.69, 9.17) is 4.74 Å². The molecule has 0 bridgehead atoms. The molecule has 0 spiro atoms. The third-order valence-electron chi connectivity index (χ3n) is 6.89. The van der Waals surface area contributed by atoms with Gasteiger partial charge in [-0.05, 0) is 47.2 Å². The second-order valence-electron chi connectivity index (χ2n) is 10.3. The molecule has 184 valence electrons. The van der Waals surface area contributed by atoms with Crippen molar-refractivity contribution in [1.82, 2.24) is 0 Å². The zero-order valence-electron chi connectivity index (χ0n) is 21.1. The summed E-state index contributed by atoms with van der Waals surface area (Å²) >= 11 is 0. The number of nitrogens with one attached hydrogen (secondary N) is 1. The minimum Gasteiger partial charge on any atom is -0.489 e. The molecule has 1 atom stereocenters. The molecule has 0 saturated heterocycles. The molecule has 0 fully saturated rings. The van der Waals surface area contributed by atoms with Gasteiger partial charge in [0.15, 0.2) is 5.78 Å². The van der Waals surface area contributed by atoms with Gasteiger partial charge in [-0.25, -0.2) is 0 Å². The molecule has 1 N–H and O–H groups in total. The van der Waals surface area contributed by atoms with Gasteiger partial charge in [-0.3, -0.25) is 14.5 Å². The van der Waals surface area contributed by atoms with Crippen LogP contribution < -0.4 is 15.0 Å². The van der Waals surface area contributed by atoms with Crippen LogP contribution in [0.1, 0.15) is 57.2 Å². The predicted octanol–water partition coefficient (Wildman–Crippen LogP) is 6.82. The number of fused-ring (bicyclic) bond motifs is 1. The van der Waals surface area contributed by atoms with E-state index in [1.807, 2.05) is 85.8 Å². The lowest BCUT2D eigenvalue weighted by Gasteiger charge is -2.37. The van der Waals surface area contributed by atoms with Crippen LogP contribution in [0.4, 0.5) is 11.4 Å². The highest BCUT2D eigenvalue weighted by Crippen LogP contribution is 2.48. The zero-order chi connectivity index (χ0) is 25.3. The maximum Gasteiger partial charge on any atom is 0.227 e. The monoisotopic (exact) mass is 480 g/mol. The molecule has 1 heterocycles. The van der Waals surface area contributed by atoms with E-state index in [1.54, 1.807) is 4.90 Å². The Hall–Kier alpha value is -3.86. The number of amides is 1. The largest absolute Gasteiger partial charge is 0.489 e. The highest BCUT2D eigenvalue weighted by Gasteiger charge is 2.43. The average molecular weight is 481 g/mol. The lowest BCUT2D eigenvalue weighted by molar-refractivity contribution is -0.119. The van der Waals surface area contributed by atoms with Crippen molar-refractivity contribution < 1.29 is 14.3 Å². The molecule has 5 rings (SSSR count). The van der Waals surface area contributed by atoms with E-state index in [2.05, 4.69) is 19.2 Å². The van der Waals surface area contributed by atoms with E-state index in [9.17, 15) is 9.59 Å². The van der Waals surface area contributed by atoms with Gasteiger partial charge in [0.05, 0.1) is 17.4 Å². The summed E-state index contributed by atoms with van der Waals surface area (Å²) < 4.78 is 6.12. The Morgan fingerprint density at radius 3 is 2.53 bits per heavy atom. The van der Waals surface area contributed by atoms with Crippen LogP contribution in [0.15, 0.2) is 90.1 Å². The first-order chi connectivity index (χ1) is 17.4. The molecular formula is C31H32N2O3. The molecule has 5 heteroatoms. The van der Waals surface area contributed by atoms with Gasteiger partial charge in [0.1, 0.15) is 12.4 Å². The number of hydrogen-bond acceptors (Lipinski definition) is 4. The van der Waals surface area contributed by atoms with Gasteiger partial charge in [0, 0.05) is 24.1 Å². The van der Waals surface area contributed by atoms with Crippen LogP contribution in [0, 0.1) is 5.41 Å². The maximum absolute atomic E-state index is 13.7. The number of Topliss-reactive ketones (excluding diaryl/α,β-unsaturated/α-hetero) is 1. The molecule has 0 saturated carbocycles. The molecule has 3 aromatic carbocycles. The van der Waals surface area contributed by atoms with E-state index in [0.717, 1.165) is 34.6 Å². The van der Waals surface area contributed by atoms with Gasteiger partial charge in [-0.15, -0.1) is 0 Å². The number of rotatable bonds is 5. The van der Waals surface area contributed by atoms with Crippen LogP contribution in [0.3, 0.4) is 0 Å². The van der Waals surface area contributed by atoms with Crippen molar-refractivity contribution in [3.63, 3.8) is 0 Å². The van der Waals surface area contributed by atoms with Crippen molar-refractivity contribution in [2.75, 3.05) is 10.2 Å². The van der Waals surface area contributed by atoms with E-state index in [-0.39, 0.29) is 17.1 Å². The van der Waals surface area contributed by atoms with E-state index in [1.165, 1.54) is 0 Å². The highest BCUT2D eigenvalue weighted by molar-refractivity contribution is 6.06. The molecule has 5 nitrogen and oxygen atoms in total. The van der Waals surface area contributed by atoms with Gasteiger partial charge >= 0.3 is 0 Å². The fraction of sp³-hybridized carbons (Fsp3) is 0.290. The lowest BCUT2D eigenvalue weighted by Crippen LogP contribution is -2.39. The number of carbonyl (C=O) groups is 2. The SMILES string of the molecule is CCC(=O)N1c2ccccc2NC2=C(C(=O)CC(C)(C)C2)[C@@H]1c1cccc(OCc2ccccc2)c1. The number of ketones is 1. The number of carbonyl (C=O) groups excluding carboxylic acids is 2. The summed E-state index contributed by atoms with van der Waals surface area (Å²) in [5, 5.41) is 3.55. The van der Waals surface area contributed by atoms with Crippen molar-refractivity contribution in [1.29, 1.82) is 0 Å². The number of hydrogen-bond donors (Lipinski definition) is 1. The van der Waals surface area contributed by atoms with Crippen molar-refractivity contribution in [3.05, 3.63) is 101 Å². The Morgan fingerprint density at radius 1 is 1.00 bits per heavy atom. The topological polar surface area (TPSA) is 58.6 Å². The second-order valence-corrected chi connectivity index (χ2v) is 10.3. The van der Waals surface area contributed by atoms with Crippen molar-refractivity contribution in [2.45, 2.75) is 52.7 Å². The fourth-order valence-corrected chi connectivity index (χ4v) is 5.26. The summed E-state index contributed by atoms with van der Waals surface area (Å²) in [7, 11) is 0. The average Bonchev–Trinajstić information content (AvgIpc) is 3.01. The lowest BCUT2D eigenvalue weighted by atomic mass is 9.73. The molecule has 1 amide bonds. The molecule has 0 unspecified atom stereocenters. The first-order valence-corrected chi connectivity index (χ1v) is 12.6. The first kappa shape index (κ1) is 23.9. The minimum atomic E-state index is -0.535. The Balaban J connectivity index is 1.63. The van der Waals surface area contributed by atoms with Crippen LogP contribution in [-0.4, -0.2) is 11.7 Å². The summed E-state index contributed by atoms with van der Waals surface area (Å²) in [6.07, 6.45) is 1.51. The standard InChI is InChI=1S/C31H32N2O3/c1-4-28(35)33-26-16-9-8-15-24(26)32-25-18-31(2,3)19-27(34)29(25)30(33)22-13-10-14-23(17-22)36-20-21-11-6-5-7-12-21/h5-17,30,32H,4,18-20H2,1-3H3/t30-/m0/s1. The highest BCUT2D eigenvalue weighted by atomic mass is 16.5. The zero-order valence-corrected chi connectivity index (χ0v) is 21.1. The molecule has 0 radical (unpaired) electrons. The molecule has 2 aliphatic rings. The quantitative estimate of drug-likeness (QED) is 0.435. The number of allylic oxidation sites excluding steroid dienone is 1. The summed E-state index contributed by atoms with van der Waals surface area (Å²) in [6.45, 7) is 6.54. The van der Waals surface area contributed by atoms with Crippen molar-refractivity contribution >= 4 is 23.1 Å². The molecule has 36 heavy (non-hydrogen) atoms. The predicted molar refractivity (Wildman–Crippen MR) is 143 cm³/mol. The number of para-hydroxylation sites is 2. The van der Waals surface area contributed by atoms with Crippen molar-refractivity contribution in [3.8, 4) is 5.75 Å². The normalized spacial score (nSPS) is 18.6. The number of anilines is 2. The smallest absolute Gasteiger partial charge is 0.227 e. The first-order valence-electron chi connectivity index (χ1n) is 12.6. The third kappa shape index (κ3) is 4.66. The van der Waals surface area contributed by atoms with Crippen LogP contribution in [0.5, 0.6) is 5.75 Å². The molecule has 1 aliphatic heterocycles. The Kier molecular flexibility index (Phi) is 6.40. The van der Waals surface area contributed by atoms with Crippen LogP contribution in [0.2, 0.25) is 0 Å². The van der Waals surface area contributed by atoms with E-state index < -0.39 is 6.04 Å². The van der Waals surface area contributed by atoms with Crippen LogP contribution in [0.25, 0.3) is 0 Å². The Labute approximate surface area is 212 Å². The number of ether oxygens (including phenoxy) is 1. The van der Waals surface area contributed by atoms with Crippen LogP contribution in [-0.2, 0) is 16.2 Å². The Bertz CT molecular complexity index is 1330. The molecule has 0 aromatic heterocycles. The van der Waals surface area contributed by atoms with Crippen molar-refractivity contribution in [2.24, 2.45) is 5.41 Å². The molecule has 3 aromatic rings. The van der Waals surface area contributed by atoms with Gasteiger partial charge < -0.3 is 10.1 Å². The summed E-state index contributed by atoms with van der Waals surface area (Å²) in [4.78, 5) is 29.0. The summed E-state index contributed by atoms with van der Waals surface area (Å²) in [5.74, 6) is 0.754. The minimum absolute atomic E-state index is 0.0313. The van der Waals surface area contributed by atoms with E-state index >= 15 is 0 Å². The number of benzene rings is 3. The van der Waals surface area contributed by atoms with Gasteiger partial charge in [0.2, 0.25) is 5.91 Å². The van der Waals surface area contributed by atoms with Gasteiger partial charge in [0.25, 0.3) is 0 Å². The van der Waals surface area contributed by atoms with Crippen LogP contribution >= 0.6 is 0 Å². The van der Waals surface area contributed by atoms with E-state index in [0.29, 0.717) is 30.8 Å². The fourth-order valence-electron chi connectivity index (χ4n) is 5.26. The number of nitrogens with zero attached hydrogens (tertiary/aromatic N) is 1. The second kappa shape index (κ2) is 9.65. The molecular weight excluding hydrogens is 448 g/mol. The summed E-state index contributed by atoms with van der Waals surface area (Å²) in [6, 6.07) is 25.1. The maximum atomic E-state index is 13.7. The van der Waals surface area contributed by atoms with Gasteiger partial charge in [-0.2, -0.15) is 0 Å². The Morgan fingerprint density at radius 2 is 1.75 bits per heavy atom. The third-order valence-corrected chi connectivity index (χ3v) is 6.89. The summed E-state index contributed by atoms with van der Waals surface area (Å²) in [5.41, 5.74) is 4.98. The van der Waals surface area contributed by atoms with Gasteiger partial charge in [-0.1, -0.05) is 75.4 Å².